The number of carboxylic acids is 1. The van der Waals surface area contributed by atoms with Crippen LogP contribution in [0.3, 0.4) is 0 Å². The zero-order valence-corrected chi connectivity index (χ0v) is 22.4. The highest BCUT2D eigenvalue weighted by Gasteiger charge is 2.33. The van der Waals surface area contributed by atoms with E-state index in [0.29, 0.717) is 13.0 Å². The molecular formula is C27H42N4O6. The second kappa shape index (κ2) is 13.7. The Bertz CT molecular complexity index is 932. The minimum absolute atomic E-state index is 0.113. The topological polar surface area (TPSA) is 130 Å². The molecule has 1 aromatic rings. The van der Waals surface area contributed by atoms with Gasteiger partial charge in [0.1, 0.15) is 17.3 Å². The van der Waals surface area contributed by atoms with Crippen LogP contribution in [0.1, 0.15) is 77.0 Å². The lowest BCUT2D eigenvalue weighted by molar-refractivity contribution is -0.176. The molecule has 2 aliphatic rings. The van der Waals surface area contributed by atoms with Gasteiger partial charge in [0.25, 0.3) is 0 Å². The SMILES string of the molecule is CC(C)(C)OC(=O)[C@@H]1CN(NC(=O)[C@H](CCCCCCCc2ccc3c(n2)NCCC3)C(=O)O)CCO1. The maximum absolute atomic E-state index is 12.7. The first-order chi connectivity index (χ1) is 17.6. The summed E-state index contributed by atoms with van der Waals surface area (Å²) in [4.78, 5) is 41.4. The standard InChI is InChI=1S/C27H42N4O6/c1-27(2,3)37-26(35)22-18-31(16-17-36-22)30-24(32)21(25(33)34)12-8-6-4-5-7-11-20-14-13-19-10-9-15-28-23(19)29-20/h13-14,21-22H,4-12,15-18H2,1-3H3,(H,28,29)(H,30,32)(H,33,34)/t21-,22-/m0/s1. The molecule has 206 valence electrons. The van der Waals surface area contributed by atoms with Crippen LogP contribution in [0.2, 0.25) is 0 Å². The van der Waals surface area contributed by atoms with Crippen LogP contribution in [0.4, 0.5) is 5.82 Å². The zero-order valence-electron chi connectivity index (χ0n) is 22.4. The molecule has 0 bridgehead atoms. The Morgan fingerprint density at radius 1 is 1.22 bits per heavy atom. The number of amides is 1. The van der Waals surface area contributed by atoms with Crippen LogP contribution >= 0.6 is 0 Å². The van der Waals surface area contributed by atoms with Gasteiger partial charge in [-0.25, -0.2) is 14.8 Å². The Morgan fingerprint density at radius 3 is 2.73 bits per heavy atom. The first kappa shape index (κ1) is 28.8. The molecular weight excluding hydrogens is 476 g/mol. The molecule has 0 saturated carbocycles. The van der Waals surface area contributed by atoms with E-state index >= 15 is 0 Å². The van der Waals surface area contributed by atoms with Gasteiger partial charge < -0.3 is 19.9 Å². The van der Waals surface area contributed by atoms with E-state index in [4.69, 9.17) is 14.5 Å². The lowest BCUT2D eigenvalue weighted by atomic mass is 9.99. The van der Waals surface area contributed by atoms with Gasteiger partial charge in [-0.3, -0.25) is 15.0 Å². The number of rotatable bonds is 12. The number of aliphatic carboxylic acids is 1. The minimum Gasteiger partial charge on any atom is -0.481 e. The van der Waals surface area contributed by atoms with Crippen molar-refractivity contribution in [3.05, 3.63) is 23.4 Å². The number of aryl methyl sites for hydroxylation is 2. The highest BCUT2D eigenvalue weighted by atomic mass is 16.6. The fourth-order valence-corrected chi connectivity index (χ4v) is 4.55. The Labute approximate surface area is 219 Å². The first-order valence-electron chi connectivity index (χ1n) is 13.5. The third-order valence-electron chi connectivity index (χ3n) is 6.50. The number of hydrazine groups is 1. The number of ether oxygens (including phenoxy) is 2. The molecule has 1 fully saturated rings. The van der Waals surface area contributed by atoms with E-state index in [-0.39, 0.29) is 19.6 Å². The molecule has 0 aliphatic carbocycles. The van der Waals surface area contributed by atoms with Crippen molar-refractivity contribution in [2.45, 2.75) is 90.3 Å². The summed E-state index contributed by atoms with van der Waals surface area (Å²) in [6, 6.07) is 4.29. The molecule has 3 rings (SSSR count). The quantitative estimate of drug-likeness (QED) is 0.217. The number of unbranched alkanes of at least 4 members (excludes halogenated alkanes) is 4. The number of nitrogens with zero attached hydrogens (tertiary/aromatic N) is 2. The Hall–Kier alpha value is -2.72. The molecule has 0 aromatic carbocycles. The molecule has 1 amide bonds. The van der Waals surface area contributed by atoms with Crippen LogP contribution in [0.25, 0.3) is 0 Å². The molecule has 2 aliphatic heterocycles. The van der Waals surface area contributed by atoms with Crippen molar-refractivity contribution in [2.24, 2.45) is 5.92 Å². The number of hydrogen-bond acceptors (Lipinski definition) is 8. The van der Waals surface area contributed by atoms with Crippen LogP contribution in [-0.4, -0.2) is 70.9 Å². The second-order valence-corrected chi connectivity index (χ2v) is 10.9. The summed E-state index contributed by atoms with van der Waals surface area (Å²) in [5, 5.41) is 14.5. The van der Waals surface area contributed by atoms with Crippen molar-refractivity contribution in [1.82, 2.24) is 15.4 Å². The normalized spacial score (nSPS) is 18.8. The van der Waals surface area contributed by atoms with E-state index in [0.717, 1.165) is 63.0 Å². The number of aromatic nitrogens is 1. The van der Waals surface area contributed by atoms with Crippen molar-refractivity contribution >= 4 is 23.7 Å². The van der Waals surface area contributed by atoms with E-state index in [1.165, 1.54) is 5.56 Å². The minimum atomic E-state index is -1.14. The first-order valence-corrected chi connectivity index (χ1v) is 13.5. The van der Waals surface area contributed by atoms with Crippen molar-refractivity contribution in [1.29, 1.82) is 0 Å². The van der Waals surface area contributed by atoms with Crippen LogP contribution in [0.5, 0.6) is 0 Å². The van der Waals surface area contributed by atoms with Crippen molar-refractivity contribution < 1.29 is 29.0 Å². The molecule has 3 N–H and O–H groups in total. The Kier molecular flexibility index (Phi) is 10.7. The lowest BCUT2D eigenvalue weighted by Crippen LogP contribution is -2.56. The van der Waals surface area contributed by atoms with E-state index < -0.39 is 35.5 Å². The van der Waals surface area contributed by atoms with Crippen LogP contribution < -0.4 is 10.7 Å². The monoisotopic (exact) mass is 518 g/mol. The molecule has 1 aromatic heterocycles. The number of hydrogen-bond donors (Lipinski definition) is 3. The summed E-state index contributed by atoms with van der Waals surface area (Å²) in [6.45, 7) is 7.02. The molecule has 3 heterocycles. The van der Waals surface area contributed by atoms with Crippen LogP contribution in [-0.2, 0) is 36.7 Å². The molecule has 0 radical (unpaired) electrons. The average Bonchev–Trinajstić information content (AvgIpc) is 2.84. The summed E-state index contributed by atoms with van der Waals surface area (Å²) >= 11 is 0. The van der Waals surface area contributed by atoms with E-state index in [1.54, 1.807) is 25.8 Å². The molecule has 0 unspecified atom stereocenters. The van der Waals surface area contributed by atoms with Gasteiger partial charge in [-0.2, -0.15) is 0 Å². The number of esters is 1. The van der Waals surface area contributed by atoms with Crippen LogP contribution in [0.15, 0.2) is 12.1 Å². The number of fused-ring (bicyclic) bond motifs is 1. The van der Waals surface area contributed by atoms with Gasteiger partial charge in [0.15, 0.2) is 6.10 Å². The third-order valence-corrected chi connectivity index (χ3v) is 6.50. The van der Waals surface area contributed by atoms with Gasteiger partial charge in [0.2, 0.25) is 5.91 Å². The van der Waals surface area contributed by atoms with Crippen molar-refractivity contribution in [3.63, 3.8) is 0 Å². The number of carbonyl (C=O) groups is 3. The predicted octanol–water partition coefficient (Wildman–Crippen LogP) is 3.10. The molecule has 2 atom stereocenters. The second-order valence-electron chi connectivity index (χ2n) is 10.9. The summed E-state index contributed by atoms with van der Waals surface area (Å²) in [5.74, 6) is -2.31. The van der Waals surface area contributed by atoms with Gasteiger partial charge in [0, 0.05) is 18.8 Å². The van der Waals surface area contributed by atoms with Gasteiger partial charge >= 0.3 is 11.9 Å². The van der Waals surface area contributed by atoms with Crippen molar-refractivity contribution in [2.75, 3.05) is 31.6 Å². The fourth-order valence-electron chi connectivity index (χ4n) is 4.55. The Morgan fingerprint density at radius 2 is 1.97 bits per heavy atom. The predicted molar refractivity (Wildman–Crippen MR) is 139 cm³/mol. The summed E-state index contributed by atoms with van der Waals surface area (Å²) in [7, 11) is 0. The third kappa shape index (κ3) is 9.59. The van der Waals surface area contributed by atoms with E-state index in [1.807, 2.05) is 0 Å². The number of pyridine rings is 1. The molecule has 37 heavy (non-hydrogen) atoms. The molecule has 10 heteroatoms. The lowest BCUT2D eigenvalue weighted by Gasteiger charge is -2.33. The zero-order chi connectivity index (χ0) is 26.8. The maximum Gasteiger partial charge on any atom is 0.337 e. The highest BCUT2D eigenvalue weighted by molar-refractivity contribution is 5.96. The van der Waals surface area contributed by atoms with Crippen molar-refractivity contribution in [3.8, 4) is 0 Å². The Balaban J connectivity index is 1.34. The molecule has 0 spiro atoms. The highest BCUT2D eigenvalue weighted by Crippen LogP contribution is 2.21. The summed E-state index contributed by atoms with van der Waals surface area (Å²) < 4.78 is 10.8. The maximum atomic E-state index is 12.7. The number of carbonyl (C=O) groups excluding carboxylic acids is 2. The number of carboxylic acid groups (broad SMARTS) is 1. The van der Waals surface area contributed by atoms with E-state index in [2.05, 4.69) is 22.9 Å². The van der Waals surface area contributed by atoms with Gasteiger partial charge in [-0.15, -0.1) is 0 Å². The largest absolute Gasteiger partial charge is 0.481 e. The number of nitrogens with one attached hydrogen (secondary N) is 2. The smallest absolute Gasteiger partial charge is 0.337 e. The summed E-state index contributed by atoms with van der Waals surface area (Å²) in [5.41, 5.74) is 4.42. The van der Waals surface area contributed by atoms with E-state index in [9.17, 15) is 19.5 Å². The molecule has 10 nitrogen and oxygen atoms in total. The summed E-state index contributed by atoms with van der Waals surface area (Å²) in [6.07, 6.45) is 7.20. The van der Waals surface area contributed by atoms with Gasteiger partial charge in [-0.05, 0) is 64.5 Å². The molecule has 1 saturated heterocycles. The number of morpholine rings is 1. The van der Waals surface area contributed by atoms with Gasteiger partial charge in [0.05, 0.1) is 13.2 Å². The van der Waals surface area contributed by atoms with Gasteiger partial charge in [-0.1, -0.05) is 31.7 Å². The fraction of sp³-hybridized carbons (Fsp3) is 0.704. The van der Waals surface area contributed by atoms with Crippen LogP contribution in [0, 0.1) is 5.92 Å². The number of anilines is 1. The average molecular weight is 519 g/mol.